The van der Waals surface area contributed by atoms with Crippen molar-refractivity contribution < 1.29 is 32.7 Å². The van der Waals surface area contributed by atoms with Gasteiger partial charge in [0.05, 0.1) is 0 Å². The molecule has 0 spiro atoms. The molecule has 2 unspecified atom stereocenters. The maximum absolute atomic E-state index is 4.59. The Balaban J connectivity index is -0.000000202. The Labute approximate surface area is 123 Å². The quantitative estimate of drug-likeness (QED) is 0.641. The van der Waals surface area contributed by atoms with Crippen LogP contribution < -0.4 is 0 Å². The largest absolute Gasteiger partial charge is 0.676 e. The summed E-state index contributed by atoms with van der Waals surface area (Å²) in [6.07, 6.45) is 2.37. The van der Waals surface area contributed by atoms with Gasteiger partial charge in [-0.15, -0.1) is 12.1 Å². The van der Waals surface area contributed by atoms with E-state index in [1.165, 1.54) is 0 Å². The van der Waals surface area contributed by atoms with E-state index in [0.717, 1.165) is 12.8 Å². The van der Waals surface area contributed by atoms with Gasteiger partial charge < -0.3 is 25.5 Å². The fourth-order valence-electron chi connectivity index (χ4n) is 0.993. The average Bonchev–Trinajstić information content (AvgIpc) is 2.02. The maximum Gasteiger partial charge on any atom is 0 e. The van der Waals surface area contributed by atoms with E-state index in [4.69, 9.17) is 0 Å². The van der Waals surface area contributed by atoms with Gasteiger partial charge in [0.1, 0.15) is 0 Å². The Morgan fingerprint density at radius 3 is 1.60 bits per heavy atom. The van der Waals surface area contributed by atoms with Crippen LogP contribution in [0.15, 0.2) is 0 Å². The van der Waals surface area contributed by atoms with Crippen molar-refractivity contribution in [2.45, 2.75) is 65.7 Å². The number of rotatable bonds is 6. The van der Waals surface area contributed by atoms with Crippen molar-refractivity contribution in [3.8, 4) is 0 Å². The van der Waals surface area contributed by atoms with Gasteiger partial charge in [-0.3, -0.25) is 0 Å². The summed E-state index contributed by atoms with van der Waals surface area (Å²) in [5.74, 6) is 0. The third kappa shape index (κ3) is 15.0. The van der Waals surface area contributed by atoms with E-state index in [-0.39, 0.29) is 53.7 Å². The smallest absolute Gasteiger partial charge is 0 e. The molecule has 1 radical (unpaired) electrons. The molecule has 0 saturated carbocycles. The SMILES string of the molecule is CCC(C)[N-]C(CC)[N-]C(C)C.[CH3-].[CH3-].[Y]. The van der Waals surface area contributed by atoms with Crippen LogP contribution in [0.1, 0.15) is 47.5 Å². The molecule has 2 nitrogen and oxygen atoms in total. The molecule has 0 rings (SSSR count). The standard InChI is InChI=1S/C10H22N2.2CH3.Y/c1-6-9(5)12-10(7-2)11-8(3)4;;;/h8-10H,6-7H2,1-5H3;2*1H3;/q-2;2*-1;. The summed E-state index contributed by atoms with van der Waals surface area (Å²) in [5, 5.41) is 9.10. The van der Waals surface area contributed by atoms with Gasteiger partial charge in [-0.25, -0.2) is 6.17 Å². The van der Waals surface area contributed by atoms with Crippen LogP contribution in [-0.2, 0) is 32.7 Å². The first-order valence-corrected chi connectivity index (χ1v) is 5.00. The Bertz CT molecular complexity index is 108. The molecule has 0 aromatic carbocycles. The van der Waals surface area contributed by atoms with Crippen LogP contribution in [0.4, 0.5) is 0 Å². The molecule has 3 heteroatoms. The van der Waals surface area contributed by atoms with Crippen LogP contribution >= 0.6 is 0 Å². The monoisotopic (exact) mass is 289 g/mol. The zero-order valence-electron chi connectivity index (χ0n) is 11.6. The van der Waals surface area contributed by atoms with Gasteiger partial charge in [-0.2, -0.15) is 0 Å². The average molecular weight is 289 g/mol. The third-order valence-electron chi connectivity index (χ3n) is 1.85. The first-order chi connectivity index (χ1) is 5.60. The van der Waals surface area contributed by atoms with Crippen LogP contribution in [0.3, 0.4) is 0 Å². The fourth-order valence-corrected chi connectivity index (χ4v) is 0.993. The van der Waals surface area contributed by atoms with E-state index in [2.05, 4.69) is 45.3 Å². The van der Waals surface area contributed by atoms with Crippen LogP contribution in [0, 0.1) is 14.9 Å². The van der Waals surface area contributed by atoms with E-state index < -0.39 is 0 Å². The molecule has 0 heterocycles. The van der Waals surface area contributed by atoms with Crippen molar-refractivity contribution in [1.29, 1.82) is 0 Å². The van der Waals surface area contributed by atoms with Crippen molar-refractivity contribution in [2.75, 3.05) is 0 Å². The van der Waals surface area contributed by atoms with Gasteiger partial charge in [0.2, 0.25) is 0 Å². The Kier molecular flexibility index (Phi) is 25.1. The van der Waals surface area contributed by atoms with E-state index >= 15 is 0 Å². The predicted molar refractivity (Wildman–Crippen MR) is 68.5 cm³/mol. The van der Waals surface area contributed by atoms with Gasteiger partial charge in [0.15, 0.2) is 0 Å². The molecule has 0 aromatic rings. The summed E-state index contributed by atoms with van der Waals surface area (Å²) in [5.41, 5.74) is 0. The van der Waals surface area contributed by atoms with Crippen LogP contribution in [-0.4, -0.2) is 18.2 Å². The molecule has 93 valence electrons. The molecule has 0 N–H and O–H groups in total. The fraction of sp³-hybridized carbons (Fsp3) is 0.833. The molecular weight excluding hydrogens is 261 g/mol. The van der Waals surface area contributed by atoms with Gasteiger partial charge in [0, 0.05) is 32.7 Å². The van der Waals surface area contributed by atoms with Crippen molar-refractivity contribution >= 4 is 0 Å². The molecular formula is C12H28N2Y-4. The number of hydrogen-bond acceptors (Lipinski definition) is 0. The minimum atomic E-state index is 0. The Hall–Kier alpha value is 1.02. The van der Waals surface area contributed by atoms with Crippen LogP contribution in [0.2, 0.25) is 0 Å². The van der Waals surface area contributed by atoms with E-state index in [1.807, 2.05) is 0 Å². The summed E-state index contributed by atoms with van der Waals surface area (Å²) in [6.45, 7) is 10.7. The van der Waals surface area contributed by atoms with E-state index in [1.54, 1.807) is 0 Å². The summed E-state index contributed by atoms with van der Waals surface area (Å²) < 4.78 is 0. The zero-order valence-corrected chi connectivity index (χ0v) is 14.5. The molecule has 0 amide bonds. The summed E-state index contributed by atoms with van der Waals surface area (Å²) in [4.78, 5) is 0. The second-order valence-electron chi connectivity index (χ2n) is 3.54. The van der Waals surface area contributed by atoms with Crippen LogP contribution in [0.5, 0.6) is 0 Å². The minimum Gasteiger partial charge on any atom is -0.676 e. The Morgan fingerprint density at radius 1 is 0.867 bits per heavy atom. The van der Waals surface area contributed by atoms with Crippen molar-refractivity contribution in [2.24, 2.45) is 0 Å². The van der Waals surface area contributed by atoms with Crippen molar-refractivity contribution in [3.05, 3.63) is 25.5 Å². The summed E-state index contributed by atoms with van der Waals surface area (Å²) >= 11 is 0. The summed E-state index contributed by atoms with van der Waals surface area (Å²) in [7, 11) is 0. The molecule has 0 bridgehead atoms. The molecule has 0 aromatic heterocycles. The molecule has 0 fully saturated rings. The Morgan fingerprint density at radius 2 is 1.33 bits per heavy atom. The van der Waals surface area contributed by atoms with Crippen molar-refractivity contribution in [1.82, 2.24) is 0 Å². The van der Waals surface area contributed by atoms with Gasteiger partial charge in [0.25, 0.3) is 0 Å². The summed E-state index contributed by atoms with van der Waals surface area (Å²) in [6, 6.07) is 0.861. The van der Waals surface area contributed by atoms with Gasteiger partial charge in [-0.05, 0) is 0 Å². The normalized spacial score (nSPS) is 13.2. The molecule has 15 heavy (non-hydrogen) atoms. The molecule has 0 aliphatic carbocycles. The second-order valence-corrected chi connectivity index (χ2v) is 3.54. The molecule has 0 aliphatic heterocycles. The van der Waals surface area contributed by atoms with Crippen molar-refractivity contribution in [3.63, 3.8) is 0 Å². The third-order valence-corrected chi connectivity index (χ3v) is 1.85. The zero-order chi connectivity index (χ0) is 9.56. The van der Waals surface area contributed by atoms with Gasteiger partial charge in [-0.1, -0.05) is 47.5 Å². The number of hydrogen-bond donors (Lipinski definition) is 0. The molecule has 0 saturated heterocycles. The van der Waals surface area contributed by atoms with Gasteiger partial charge >= 0.3 is 0 Å². The van der Waals surface area contributed by atoms with E-state index in [0.29, 0.717) is 12.1 Å². The minimum absolute atomic E-state index is 0. The molecule has 2 atom stereocenters. The maximum atomic E-state index is 4.59. The predicted octanol–water partition coefficient (Wildman–Crippen LogP) is 4.57. The first-order valence-electron chi connectivity index (χ1n) is 5.00. The second kappa shape index (κ2) is 15.0. The van der Waals surface area contributed by atoms with E-state index in [9.17, 15) is 0 Å². The number of nitrogens with zero attached hydrogens (tertiary/aromatic N) is 2. The molecule has 0 aliphatic rings. The van der Waals surface area contributed by atoms with Crippen LogP contribution in [0.25, 0.3) is 10.6 Å². The topological polar surface area (TPSA) is 28.2 Å². The first kappa shape index (κ1) is 25.0.